The Labute approximate surface area is 198 Å². The van der Waals surface area contributed by atoms with E-state index in [0.717, 1.165) is 0 Å². The smallest absolute Gasteiger partial charge is 0.305 e. The highest BCUT2D eigenvalue weighted by Crippen LogP contribution is 2.23. The second-order valence-corrected chi connectivity index (χ2v) is 8.66. The van der Waals surface area contributed by atoms with Gasteiger partial charge in [-0.05, 0) is 49.6 Å². The van der Waals surface area contributed by atoms with Crippen molar-refractivity contribution in [3.8, 4) is 11.3 Å². The molecule has 2 atom stereocenters. The van der Waals surface area contributed by atoms with Gasteiger partial charge in [-0.2, -0.15) is 0 Å². The van der Waals surface area contributed by atoms with Crippen LogP contribution in [0, 0.1) is 0 Å². The highest BCUT2D eigenvalue weighted by atomic mass is 19.1. The van der Waals surface area contributed by atoms with Crippen molar-refractivity contribution >= 4 is 34.7 Å². The molecule has 2 heterocycles. The van der Waals surface area contributed by atoms with Crippen molar-refractivity contribution in [1.29, 1.82) is 0 Å². The minimum Gasteiger partial charge on any atom is -0.481 e. The zero-order valence-corrected chi connectivity index (χ0v) is 18.8. The number of hydrogen-bond acceptors (Lipinski definition) is 5. The van der Waals surface area contributed by atoms with Crippen molar-refractivity contribution in [2.45, 2.75) is 44.3 Å². The van der Waals surface area contributed by atoms with Gasteiger partial charge in [0.05, 0.1) is 29.9 Å². The molecule has 1 aliphatic carbocycles. The Morgan fingerprint density at radius 1 is 1.11 bits per heavy atom. The van der Waals surface area contributed by atoms with Crippen LogP contribution in [0.2, 0.25) is 0 Å². The number of amides is 1. The third-order valence-electron chi connectivity index (χ3n) is 5.97. The molecule has 1 amide bonds. The number of carbonyl (C=O) groups is 2. The molecule has 3 aromatic rings. The van der Waals surface area contributed by atoms with E-state index in [1.807, 2.05) is 0 Å². The molecule has 2 aromatic heterocycles. The normalized spacial score (nSPS) is 14.8. The summed E-state index contributed by atoms with van der Waals surface area (Å²) in [5.41, 5.74) is 1.54. The Bertz CT molecular complexity index is 1460. The molecule has 35 heavy (non-hydrogen) atoms. The third-order valence-corrected chi connectivity index (χ3v) is 5.97. The second kappa shape index (κ2) is 10.2. The van der Waals surface area contributed by atoms with Crippen molar-refractivity contribution in [2.75, 3.05) is 6.54 Å². The van der Waals surface area contributed by atoms with Gasteiger partial charge < -0.3 is 30.6 Å². The molecule has 1 aliphatic rings. The van der Waals surface area contributed by atoms with Crippen LogP contribution < -0.4 is 21.4 Å². The number of hydrogen-bond donors (Lipinski definition) is 6. The van der Waals surface area contributed by atoms with Crippen molar-refractivity contribution < 1.29 is 29.3 Å². The van der Waals surface area contributed by atoms with E-state index in [4.69, 9.17) is 5.11 Å². The van der Waals surface area contributed by atoms with E-state index in [0.29, 0.717) is 51.1 Å². The van der Waals surface area contributed by atoms with Crippen molar-refractivity contribution in [3.05, 3.63) is 56.8 Å². The number of fused-ring (bicyclic) bond motifs is 2. The van der Waals surface area contributed by atoms with E-state index in [1.165, 1.54) is 6.07 Å². The minimum absolute atomic E-state index is 0.0955. The van der Waals surface area contributed by atoms with Crippen LogP contribution >= 0.6 is 0 Å². The summed E-state index contributed by atoms with van der Waals surface area (Å²) in [4.78, 5) is 41.6. The molecule has 184 valence electrons. The Morgan fingerprint density at radius 3 is 2.69 bits per heavy atom. The largest absolute Gasteiger partial charge is 0.481 e. The second-order valence-electron chi connectivity index (χ2n) is 8.66. The number of carboxylic acids is 1. The summed E-state index contributed by atoms with van der Waals surface area (Å²) in [6.07, 6.45) is 0.141. The van der Waals surface area contributed by atoms with Gasteiger partial charge in [-0.1, -0.05) is 6.08 Å². The van der Waals surface area contributed by atoms with E-state index < -0.39 is 24.6 Å². The van der Waals surface area contributed by atoms with Gasteiger partial charge in [-0.3, -0.25) is 14.4 Å². The van der Waals surface area contributed by atoms with E-state index in [9.17, 15) is 29.0 Å². The first kappa shape index (κ1) is 24.4. The molecule has 0 fully saturated rings. The lowest BCUT2D eigenvalue weighted by Gasteiger charge is -2.14. The summed E-state index contributed by atoms with van der Waals surface area (Å²) in [6.45, 7) is 0.139. The van der Waals surface area contributed by atoms with Crippen LogP contribution in [-0.4, -0.2) is 55.9 Å². The van der Waals surface area contributed by atoms with E-state index in [1.54, 1.807) is 30.3 Å². The molecule has 9 nitrogen and oxygen atoms in total. The number of aliphatic hydroxyl groups is 2. The van der Waals surface area contributed by atoms with E-state index >= 15 is 0 Å². The first-order chi connectivity index (χ1) is 16.7. The summed E-state index contributed by atoms with van der Waals surface area (Å²) in [5.74, 6) is -1.79. The van der Waals surface area contributed by atoms with Gasteiger partial charge in [-0.15, -0.1) is 0 Å². The van der Waals surface area contributed by atoms with Gasteiger partial charge in [0.15, 0.2) is 0 Å². The van der Waals surface area contributed by atoms with Crippen LogP contribution in [0.4, 0.5) is 4.39 Å². The Kier molecular flexibility index (Phi) is 7.13. The number of pyridine rings is 1. The molecule has 0 saturated heterocycles. The summed E-state index contributed by atoms with van der Waals surface area (Å²) < 4.78 is 14.3. The van der Waals surface area contributed by atoms with Crippen LogP contribution in [-0.2, 0) is 4.79 Å². The standard InChI is InChI=1S/C25H26FN3O6/c26-19-2-1-3-21-17(19)12-18(25(35)29-21)22-9-14-8-13(4-5-20(14)28-22)24(34)27-7-6-15(30)10-16(31)11-23(32)33/h3-5,8-9,12,15-16,28,30-31H,1-2,6-7,10-11H2,(H,27,34)(H,29,35)(H,32,33). The molecule has 2 unspecified atom stereocenters. The lowest BCUT2D eigenvalue weighted by Crippen LogP contribution is -2.37. The zero-order valence-electron chi connectivity index (χ0n) is 18.8. The molecule has 0 radical (unpaired) electrons. The van der Waals surface area contributed by atoms with Crippen molar-refractivity contribution in [1.82, 2.24) is 15.3 Å². The van der Waals surface area contributed by atoms with Crippen molar-refractivity contribution in [3.63, 3.8) is 0 Å². The van der Waals surface area contributed by atoms with E-state index in [-0.39, 0.29) is 36.7 Å². The molecule has 0 saturated carbocycles. The van der Waals surface area contributed by atoms with Crippen LogP contribution in [0.15, 0.2) is 35.1 Å². The molecule has 0 aliphatic heterocycles. The molecule has 0 spiro atoms. The summed E-state index contributed by atoms with van der Waals surface area (Å²) in [5, 5.41) is 32.4. The van der Waals surface area contributed by atoms with Gasteiger partial charge >= 0.3 is 5.97 Å². The van der Waals surface area contributed by atoms with Crippen LogP contribution in [0.3, 0.4) is 0 Å². The van der Waals surface area contributed by atoms with Crippen LogP contribution in [0.5, 0.6) is 0 Å². The summed E-state index contributed by atoms with van der Waals surface area (Å²) >= 11 is 0. The number of H-pyrrole nitrogens is 2. The fourth-order valence-electron chi connectivity index (χ4n) is 4.20. The predicted octanol–water partition coefficient (Wildman–Crippen LogP) is 0.882. The zero-order chi connectivity index (χ0) is 25.1. The number of halogens is 1. The maximum Gasteiger partial charge on any atom is 0.305 e. The number of benzene rings is 1. The van der Waals surface area contributed by atoms with Gasteiger partial charge in [-0.25, -0.2) is 4.39 Å². The molecule has 6 N–H and O–H groups in total. The van der Waals surface area contributed by atoms with Crippen LogP contribution in [0.1, 0.15) is 42.5 Å². The molecular weight excluding hydrogens is 457 g/mol. The number of nitrogens with one attached hydrogen (secondary N) is 3. The van der Waals surface area contributed by atoms with E-state index in [2.05, 4.69) is 15.3 Å². The Hall–Kier alpha value is -3.76. The quantitative estimate of drug-likeness (QED) is 0.265. The monoisotopic (exact) mass is 483 g/mol. The fourth-order valence-corrected chi connectivity index (χ4v) is 4.20. The SMILES string of the molecule is O=C(O)CC(O)CC(O)CCNC(=O)c1ccc2[nH]c(-c3cc4c([nH]c3=O)=CCCC=4F)cc2c1. The van der Waals surface area contributed by atoms with Gasteiger partial charge in [0.1, 0.15) is 5.83 Å². The number of carboxylic acid groups (broad SMARTS) is 1. The summed E-state index contributed by atoms with van der Waals surface area (Å²) in [7, 11) is 0. The fraction of sp³-hybridized carbons (Fsp3) is 0.320. The minimum atomic E-state index is -1.15. The number of aliphatic carboxylic acids is 1. The number of aromatic amines is 2. The third kappa shape index (κ3) is 5.67. The van der Waals surface area contributed by atoms with Crippen molar-refractivity contribution in [2.24, 2.45) is 0 Å². The lowest BCUT2D eigenvalue weighted by molar-refractivity contribution is -0.139. The Morgan fingerprint density at radius 2 is 1.91 bits per heavy atom. The number of aromatic nitrogens is 2. The first-order valence-electron chi connectivity index (χ1n) is 11.3. The molecular formula is C25H26FN3O6. The Balaban J connectivity index is 1.46. The highest BCUT2D eigenvalue weighted by Gasteiger charge is 2.16. The maximum absolute atomic E-state index is 14.3. The predicted molar refractivity (Wildman–Crippen MR) is 128 cm³/mol. The molecule has 1 aromatic carbocycles. The number of carbonyl (C=O) groups excluding carboxylic acids is 1. The lowest BCUT2D eigenvalue weighted by atomic mass is 10.1. The van der Waals surface area contributed by atoms with Gasteiger partial charge in [0.25, 0.3) is 11.5 Å². The van der Waals surface area contributed by atoms with Gasteiger partial charge in [0.2, 0.25) is 0 Å². The number of aliphatic hydroxyl groups excluding tert-OH is 2. The summed E-state index contributed by atoms with van der Waals surface area (Å²) in [6, 6.07) is 8.24. The highest BCUT2D eigenvalue weighted by molar-refractivity contribution is 5.99. The number of rotatable bonds is 9. The van der Waals surface area contributed by atoms with Crippen LogP contribution in [0.25, 0.3) is 34.1 Å². The maximum atomic E-state index is 14.3. The first-order valence-corrected chi connectivity index (χ1v) is 11.3. The average molecular weight is 483 g/mol. The molecule has 4 rings (SSSR count). The molecule has 10 heteroatoms. The average Bonchev–Trinajstić information content (AvgIpc) is 3.21. The molecule has 0 bridgehead atoms. The van der Waals surface area contributed by atoms with Gasteiger partial charge in [0, 0.05) is 40.0 Å². The topological polar surface area (TPSA) is 156 Å².